The van der Waals surface area contributed by atoms with Gasteiger partial charge in [0.2, 0.25) is 0 Å². The van der Waals surface area contributed by atoms with Crippen molar-refractivity contribution in [2.24, 2.45) is 5.41 Å². The van der Waals surface area contributed by atoms with Crippen LogP contribution in [0.1, 0.15) is 29.6 Å². The largest absolute Gasteiger partial charge is 0.573 e. The average molecular weight is 523 g/mol. The lowest BCUT2D eigenvalue weighted by molar-refractivity contribution is -0.274. The van der Waals surface area contributed by atoms with Crippen LogP contribution in [0.3, 0.4) is 0 Å². The lowest BCUT2D eigenvalue weighted by Crippen LogP contribution is -2.45. The first-order valence-electron chi connectivity index (χ1n) is 11.9. The maximum atomic E-state index is 13.2. The molecule has 0 aliphatic carbocycles. The number of carbonyl (C=O) groups excluding carboxylic acids is 2. The molecule has 8 nitrogen and oxygen atoms in total. The molecule has 2 saturated heterocycles. The van der Waals surface area contributed by atoms with Crippen molar-refractivity contribution < 1.29 is 41.7 Å². The van der Waals surface area contributed by atoms with Gasteiger partial charge in [0.05, 0.1) is 19.8 Å². The number of piperidine rings is 1. The van der Waals surface area contributed by atoms with E-state index in [0.717, 1.165) is 31.4 Å². The molecule has 0 radical (unpaired) electrons. The second kappa shape index (κ2) is 10.8. The summed E-state index contributed by atoms with van der Waals surface area (Å²) in [6.07, 6.45) is -2.38. The molecule has 2 aromatic carbocycles. The number of carbonyl (C=O) groups is 2. The van der Waals surface area contributed by atoms with E-state index in [1.807, 2.05) is 4.90 Å². The van der Waals surface area contributed by atoms with E-state index in [2.05, 4.69) is 4.74 Å². The highest BCUT2D eigenvalue weighted by Gasteiger charge is 2.43. The molecular weight excluding hydrogens is 493 g/mol. The first-order chi connectivity index (χ1) is 17.6. The minimum atomic E-state index is -4.77. The van der Waals surface area contributed by atoms with Crippen molar-refractivity contribution in [1.82, 2.24) is 9.80 Å². The highest BCUT2D eigenvalue weighted by Crippen LogP contribution is 2.41. The summed E-state index contributed by atoms with van der Waals surface area (Å²) in [5, 5.41) is 0. The Bertz CT molecular complexity index is 1110. The van der Waals surface area contributed by atoms with E-state index in [1.165, 1.54) is 19.2 Å². The van der Waals surface area contributed by atoms with Gasteiger partial charge in [-0.2, -0.15) is 0 Å². The van der Waals surface area contributed by atoms with Crippen LogP contribution in [0, 0.1) is 5.41 Å². The molecule has 2 aliphatic rings. The molecule has 0 bridgehead atoms. The second-order valence-electron chi connectivity index (χ2n) is 9.23. The third kappa shape index (κ3) is 6.39. The number of halogens is 3. The van der Waals surface area contributed by atoms with Crippen molar-refractivity contribution in [3.8, 4) is 23.0 Å². The van der Waals surface area contributed by atoms with Crippen molar-refractivity contribution >= 4 is 11.8 Å². The zero-order chi connectivity index (χ0) is 26.6. The zero-order valence-electron chi connectivity index (χ0n) is 20.7. The second-order valence-corrected chi connectivity index (χ2v) is 9.23. The van der Waals surface area contributed by atoms with E-state index in [9.17, 15) is 22.8 Å². The number of hydrogen-bond acceptors (Lipinski definition) is 6. The Balaban J connectivity index is 1.28. The summed E-state index contributed by atoms with van der Waals surface area (Å²) in [5.74, 6) is 0.684. The minimum Gasteiger partial charge on any atom is -0.497 e. The van der Waals surface area contributed by atoms with E-state index in [1.54, 1.807) is 30.2 Å². The van der Waals surface area contributed by atoms with Gasteiger partial charge >= 0.3 is 6.36 Å². The molecule has 0 aromatic heterocycles. The van der Waals surface area contributed by atoms with Crippen LogP contribution in [0.25, 0.3) is 0 Å². The molecular formula is C26H29F3N2O6. The Labute approximate surface area is 212 Å². The van der Waals surface area contributed by atoms with Gasteiger partial charge < -0.3 is 28.7 Å². The maximum absolute atomic E-state index is 13.2. The molecule has 2 aromatic rings. The van der Waals surface area contributed by atoms with Crippen molar-refractivity contribution in [2.75, 3.05) is 47.0 Å². The number of benzene rings is 2. The molecule has 0 unspecified atom stereocenters. The standard InChI is InChI=1S/C26H29F3N2O6/c1-34-20-7-8-22(35-2)21(15-20)24(33)30-12-9-25(10-13-30)11-14-31(17-25)23(32)16-36-18-3-5-19(6-4-18)37-26(27,28)29/h3-8,15H,9-14,16-17H2,1-2H3. The molecule has 0 saturated carbocycles. The van der Waals surface area contributed by atoms with Crippen molar-refractivity contribution in [2.45, 2.75) is 25.6 Å². The molecule has 0 N–H and O–H groups in total. The van der Waals surface area contributed by atoms with Crippen LogP contribution >= 0.6 is 0 Å². The molecule has 1 spiro atoms. The third-order valence-corrected chi connectivity index (χ3v) is 6.96. The Kier molecular flexibility index (Phi) is 7.70. The van der Waals surface area contributed by atoms with Gasteiger partial charge in [0.1, 0.15) is 23.0 Å². The van der Waals surface area contributed by atoms with Crippen LogP contribution in [0.15, 0.2) is 42.5 Å². The van der Waals surface area contributed by atoms with Gasteiger partial charge in [-0.3, -0.25) is 9.59 Å². The first-order valence-corrected chi connectivity index (χ1v) is 11.9. The molecule has 2 aliphatic heterocycles. The van der Waals surface area contributed by atoms with Crippen molar-refractivity contribution in [3.63, 3.8) is 0 Å². The number of hydrogen-bond donors (Lipinski definition) is 0. The van der Waals surface area contributed by atoms with E-state index in [4.69, 9.17) is 14.2 Å². The highest BCUT2D eigenvalue weighted by atomic mass is 19.4. The maximum Gasteiger partial charge on any atom is 0.573 e. The summed E-state index contributed by atoms with van der Waals surface area (Å²) < 4.78 is 56.8. The number of methoxy groups -OCH3 is 2. The van der Waals surface area contributed by atoms with Crippen molar-refractivity contribution in [1.29, 1.82) is 0 Å². The van der Waals surface area contributed by atoms with Crippen LogP contribution < -0.4 is 18.9 Å². The van der Waals surface area contributed by atoms with E-state index in [-0.39, 0.29) is 35.3 Å². The fourth-order valence-electron chi connectivity index (χ4n) is 4.87. The summed E-state index contributed by atoms with van der Waals surface area (Å²) in [6.45, 7) is 2.11. The van der Waals surface area contributed by atoms with E-state index >= 15 is 0 Å². The molecule has 2 amide bonds. The molecule has 200 valence electrons. The first kappa shape index (κ1) is 26.4. The summed E-state index contributed by atoms with van der Waals surface area (Å²) in [6, 6.07) is 10.0. The fourth-order valence-corrected chi connectivity index (χ4v) is 4.87. The lowest BCUT2D eigenvalue weighted by atomic mass is 9.77. The monoisotopic (exact) mass is 522 g/mol. The van der Waals surface area contributed by atoms with Gasteiger partial charge in [0, 0.05) is 26.2 Å². The molecule has 37 heavy (non-hydrogen) atoms. The van der Waals surface area contributed by atoms with E-state index < -0.39 is 6.36 Å². The molecule has 11 heteroatoms. The Hall–Kier alpha value is -3.63. The van der Waals surface area contributed by atoms with Gasteiger partial charge in [0.15, 0.2) is 6.61 Å². The zero-order valence-corrected chi connectivity index (χ0v) is 20.7. The number of alkyl halides is 3. The minimum absolute atomic E-state index is 0.0541. The Morgan fingerprint density at radius 3 is 2.05 bits per heavy atom. The normalized spacial score (nSPS) is 17.0. The summed E-state index contributed by atoms with van der Waals surface area (Å²) in [4.78, 5) is 29.5. The van der Waals surface area contributed by atoms with Gasteiger partial charge in [0.25, 0.3) is 11.8 Å². The summed E-state index contributed by atoms with van der Waals surface area (Å²) in [5.41, 5.74) is 0.401. The number of nitrogens with zero attached hydrogens (tertiary/aromatic N) is 2. The fraction of sp³-hybridized carbons (Fsp3) is 0.462. The molecule has 4 rings (SSSR count). The lowest BCUT2D eigenvalue weighted by Gasteiger charge is -2.39. The molecule has 2 heterocycles. The number of ether oxygens (including phenoxy) is 4. The molecule has 2 fully saturated rings. The molecule has 0 atom stereocenters. The third-order valence-electron chi connectivity index (χ3n) is 6.96. The Morgan fingerprint density at radius 2 is 1.46 bits per heavy atom. The predicted octanol–water partition coefficient (Wildman–Crippen LogP) is 4.14. The highest BCUT2D eigenvalue weighted by molar-refractivity contribution is 5.97. The summed E-state index contributed by atoms with van der Waals surface area (Å²) >= 11 is 0. The van der Waals surface area contributed by atoms with Crippen LogP contribution in [-0.2, 0) is 4.79 Å². The average Bonchev–Trinajstić information content (AvgIpc) is 3.30. The Morgan fingerprint density at radius 1 is 0.865 bits per heavy atom. The predicted molar refractivity (Wildman–Crippen MR) is 127 cm³/mol. The van der Waals surface area contributed by atoms with Crippen LogP contribution in [0.4, 0.5) is 13.2 Å². The number of amides is 2. The topological polar surface area (TPSA) is 77.5 Å². The SMILES string of the molecule is COc1ccc(OC)c(C(=O)N2CCC3(CCN(C(=O)COc4ccc(OC(F)(F)F)cc4)C3)CC2)c1. The van der Waals surface area contributed by atoms with Crippen molar-refractivity contribution in [3.05, 3.63) is 48.0 Å². The smallest absolute Gasteiger partial charge is 0.497 e. The number of rotatable bonds is 7. The van der Waals surface area contributed by atoms with Gasteiger partial charge in [-0.25, -0.2) is 0 Å². The summed E-state index contributed by atoms with van der Waals surface area (Å²) in [7, 11) is 3.07. The van der Waals surface area contributed by atoms with Crippen LogP contribution in [0.2, 0.25) is 0 Å². The van der Waals surface area contributed by atoms with Gasteiger partial charge in [-0.05, 0) is 67.1 Å². The quantitative estimate of drug-likeness (QED) is 0.544. The van der Waals surface area contributed by atoms with Gasteiger partial charge in [-0.1, -0.05) is 0 Å². The number of likely N-dealkylation sites (tertiary alicyclic amines) is 2. The van der Waals surface area contributed by atoms with Crippen LogP contribution in [0.5, 0.6) is 23.0 Å². The van der Waals surface area contributed by atoms with E-state index in [0.29, 0.717) is 43.2 Å². The van der Waals surface area contributed by atoms with Crippen LogP contribution in [-0.4, -0.2) is 75.0 Å². The van der Waals surface area contributed by atoms with Gasteiger partial charge in [-0.15, -0.1) is 13.2 Å².